The lowest BCUT2D eigenvalue weighted by molar-refractivity contribution is -0.147. The van der Waals surface area contributed by atoms with Crippen LogP contribution in [0.4, 0.5) is 0 Å². The van der Waals surface area contributed by atoms with Crippen LogP contribution >= 0.6 is 0 Å². The number of hydrogen-bond donors (Lipinski definition) is 2. The Morgan fingerprint density at radius 1 is 1.27 bits per heavy atom. The molecule has 3 N–H and O–H groups in total. The maximum Gasteiger partial charge on any atom is 0.303 e. The molecule has 0 heterocycles. The van der Waals surface area contributed by atoms with Gasteiger partial charge in [-0.3, -0.25) is 4.79 Å². The first-order chi connectivity index (χ1) is 7.09. The lowest BCUT2D eigenvalue weighted by Gasteiger charge is -2.60. The SMILES string of the molecule is NC1C2CC3CC(C2)CC1(CC(=O)O)C3. The maximum absolute atomic E-state index is 11.0. The van der Waals surface area contributed by atoms with E-state index in [0.29, 0.717) is 12.3 Å². The second-order valence-corrected chi connectivity index (χ2v) is 6.07. The van der Waals surface area contributed by atoms with E-state index in [1.807, 2.05) is 0 Å². The Balaban J connectivity index is 1.90. The van der Waals surface area contributed by atoms with Crippen molar-refractivity contribution in [3.8, 4) is 0 Å². The highest BCUT2D eigenvalue weighted by molar-refractivity contribution is 5.68. The molecule has 0 saturated heterocycles. The molecule has 15 heavy (non-hydrogen) atoms. The number of rotatable bonds is 2. The van der Waals surface area contributed by atoms with Gasteiger partial charge in [0.15, 0.2) is 0 Å². The van der Waals surface area contributed by atoms with Crippen molar-refractivity contribution in [1.82, 2.24) is 0 Å². The summed E-state index contributed by atoms with van der Waals surface area (Å²) in [5.74, 6) is 1.52. The van der Waals surface area contributed by atoms with Crippen molar-refractivity contribution in [2.45, 2.75) is 44.6 Å². The first kappa shape index (κ1) is 9.64. The summed E-state index contributed by atoms with van der Waals surface area (Å²) in [6.07, 6.45) is 6.32. The molecule has 84 valence electrons. The van der Waals surface area contributed by atoms with Crippen molar-refractivity contribution in [2.75, 3.05) is 0 Å². The predicted octanol–water partition coefficient (Wildman–Crippen LogP) is 1.61. The summed E-state index contributed by atoms with van der Waals surface area (Å²) in [6.45, 7) is 0. The third kappa shape index (κ3) is 1.32. The van der Waals surface area contributed by atoms with E-state index in [1.54, 1.807) is 0 Å². The van der Waals surface area contributed by atoms with Gasteiger partial charge in [-0.05, 0) is 55.3 Å². The fourth-order valence-corrected chi connectivity index (χ4v) is 4.81. The molecule has 0 spiro atoms. The molecular weight excluding hydrogens is 190 g/mol. The fraction of sp³-hybridized carbons (Fsp3) is 0.917. The summed E-state index contributed by atoms with van der Waals surface area (Å²) < 4.78 is 0. The molecule has 3 nitrogen and oxygen atoms in total. The summed E-state index contributed by atoms with van der Waals surface area (Å²) in [4.78, 5) is 11.0. The van der Waals surface area contributed by atoms with E-state index < -0.39 is 5.97 Å². The molecule has 0 aromatic carbocycles. The fourth-order valence-electron chi connectivity index (χ4n) is 4.81. The van der Waals surface area contributed by atoms with Crippen LogP contribution in [-0.4, -0.2) is 17.1 Å². The standard InChI is InChI=1S/C12H19NO2/c13-11-9-2-7-1-8(3-9)5-12(11,4-7)6-10(14)15/h7-9,11H,1-6,13H2,(H,14,15). The molecule has 0 aromatic rings. The predicted molar refractivity (Wildman–Crippen MR) is 56.2 cm³/mol. The first-order valence-corrected chi connectivity index (χ1v) is 6.06. The number of carboxylic acids is 1. The first-order valence-electron chi connectivity index (χ1n) is 6.06. The number of hydrogen-bond acceptors (Lipinski definition) is 2. The smallest absolute Gasteiger partial charge is 0.303 e. The summed E-state index contributed by atoms with van der Waals surface area (Å²) in [5.41, 5.74) is 6.25. The minimum absolute atomic E-state index is 0.0411. The second-order valence-electron chi connectivity index (χ2n) is 6.07. The Bertz CT molecular complexity index is 288. The van der Waals surface area contributed by atoms with E-state index in [4.69, 9.17) is 10.8 Å². The van der Waals surface area contributed by atoms with E-state index in [0.717, 1.165) is 24.7 Å². The van der Waals surface area contributed by atoms with Crippen molar-refractivity contribution < 1.29 is 9.90 Å². The van der Waals surface area contributed by atoms with E-state index in [2.05, 4.69) is 0 Å². The summed E-state index contributed by atoms with van der Waals surface area (Å²) in [7, 11) is 0. The summed E-state index contributed by atoms with van der Waals surface area (Å²) >= 11 is 0. The minimum Gasteiger partial charge on any atom is -0.481 e. The van der Waals surface area contributed by atoms with E-state index in [-0.39, 0.29) is 11.5 Å². The van der Waals surface area contributed by atoms with Gasteiger partial charge in [-0.15, -0.1) is 0 Å². The van der Waals surface area contributed by atoms with Crippen LogP contribution in [0.25, 0.3) is 0 Å². The Morgan fingerprint density at radius 2 is 1.87 bits per heavy atom. The molecule has 4 bridgehead atoms. The van der Waals surface area contributed by atoms with Crippen LogP contribution in [0.15, 0.2) is 0 Å². The molecule has 0 amide bonds. The average molecular weight is 209 g/mol. The zero-order valence-corrected chi connectivity index (χ0v) is 8.98. The van der Waals surface area contributed by atoms with Gasteiger partial charge in [-0.2, -0.15) is 0 Å². The third-order valence-corrected chi connectivity index (χ3v) is 5.05. The highest BCUT2D eigenvalue weighted by Crippen LogP contribution is 2.60. The van der Waals surface area contributed by atoms with Gasteiger partial charge in [0.2, 0.25) is 0 Å². The topological polar surface area (TPSA) is 63.3 Å². The number of nitrogens with two attached hydrogens (primary N) is 1. The minimum atomic E-state index is -0.660. The molecular formula is C12H19NO2. The van der Waals surface area contributed by atoms with Crippen LogP contribution in [-0.2, 0) is 4.79 Å². The Labute approximate surface area is 90.0 Å². The highest BCUT2D eigenvalue weighted by atomic mass is 16.4. The van der Waals surface area contributed by atoms with E-state index >= 15 is 0 Å². The van der Waals surface area contributed by atoms with Crippen molar-refractivity contribution in [1.29, 1.82) is 0 Å². The third-order valence-electron chi connectivity index (χ3n) is 5.05. The molecule has 0 radical (unpaired) electrons. The van der Waals surface area contributed by atoms with Crippen molar-refractivity contribution >= 4 is 5.97 Å². The Morgan fingerprint density at radius 3 is 2.40 bits per heavy atom. The lowest BCUT2D eigenvalue weighted by atomic mass is 9.47. The Kier molecular flexibility index (Phi) is 1.91. The number of carbonyl (C=O) groups is 1. The van der Waals surface area contributed by atoms with Gasteiger partial charge in [0.05, 0.1) is 6.42 Å². The van der Waals surface area contributed by atoms with Gasteiger partial charge >= 0.3 is 5.97 Å². The van der Waals surface area contributed by atoms with Gasteiger partial charge in [-0.1, -0.05) is 0 Å². The normalized spacial score (nSPS) is 52.1. The molecule has 4 saturated carbocycles. The van der Waals surface area contributed by atoms with Crippen LogP contribution in [0.2, 0.25) is 0 Å². The van der Waals surface area contributed by atoms with Crippen LogP contribution in [0.3, 0.4) is 0 Å². The van der Waals surface area contributed by atoms with Crippen molar-refractivity contribution in [2.24, 2.45) is 28.9 Å². The van der Waals surface area contributed by atoms with Crippen LogP contribution in [0.1, 0.15) is 38.5 Å². The molecule has 0 aliphatic heterocycles. The zero-order valence-electron chi connectivity index (χ0n) is 8.98. The quantitative estimate of drug-likeness (QED) is 0.726. The van der Waals surface area contributed by atoms with Gasteiger partial charge in [-0.25, -0.2) is 0 Å². The molecule has 4 fully saturated rings. The van der Waals surface area contributed by atoms with Gasteiger partial charge in [0, 0.05) is 6.04 Å². The number of carboxylic acid groups (broad SMARTS) is 1. The van der Waals surface area contributed by atoms with Crippen molar-refractivity contribution in [3.05, 3.63) is 0 Å². The van der Waals surface area contributed by atoms with Crippen molar-refractivity contribution in [3.63, 3.8) is 0 Å². The molecule has 3 heteroatoms. The molecule has 4 aliphatic carbocycles. The monoisotopic (exact) mass is 209 g/mol. The number of aliphatic carboxylic acids is 1. The van der Waals surface area contributed by atoms with Crippen LogP contribution < -0.4 is 5.73 Å². The molecule has 3 unspecified atom stereocenters. The Hall–Kier alpha value is -0.570. The summed E-state index contributed by atoms with van der Waals surface area (Å²) in [5, 5.41) is 9.04. The second kappa shape index (κ2) is 2.97. The van der Waals surface area contributed by atoms with Gasteiger partial charge in [0.25, 0.3) is 0 Å². The van der Waals surface area contributed by atoms with Gasteiger partial charge in [0.1, 0.15) is 0 Å². The molecule has 4 rings (SSSR count). The van der Waals surface area contributed by atoms with Crippen LogP contribution in [0.5, 0.6) is 0 Å². The molecule has 3 atom stereocenters. The average Bonchev–Trinajstić information content (AvgIpc) is 2.11. The zero-order chi connectivity index (χ0) is 10.6. The lowest BCUT2D eigenvalue weighted by Crippen LogP contribution is -2.60. The largest absolute Gasteiger partial charge is 0.481 e. The summed E-state index contributed by atoms with van der Waals surface area (Å²) in [6, 6.07) is 0.154. The highest BCUT2D eigenvalue weighted by Gasteiger charge is 2.56. The molecule has 4 aliphatic rings. The van der Waals surface area contributed by atoms with Gasteiger partial charge < -0.3 is 10.8 Å². The van der Waals surface area contributed by atoms with E-state index in [1.165, 1.54) is 19.3 Å². The maximum atomic E-state index is 11.0. The van der Waals surface area contributed by atoms with Crippen LogP contribution in [0, 0.1) is 23.2 Å². The van der Waals surface area contributed by atoms with E-state index in [9.17, 15) is 4.79 Å². The molecule has 0 aromatic heterocycles.